The summed E-state index contributed by atoms with van der Waals surface area (Å²) in [6.45, 7) is 0. The van der Waals surface area contributed by atoms with Gasteiger partial charge in [0.25, 0.3) is 0 Å². The molecule has 0 unspecified atom stereocenters. The largest absolute Gasteiger partial charge is 0.465 e. The Morgan fingerprint density at radius 1 is 1.26 bits per heavy atom. The average Bonchev–Trinajstić information content (AvgIpc) is 2.89. The standard InChI is InChI=1S/C13H8F2O4/c1-18-13(17)9-5-11(15)10(14)4-8(9)12-3-2-7(6-16)19-12/h2-6H,1H3. The van der Waals surface area contributed by atoms with E-state index in [1.54, 1.807) is 0 Å². The van der Waals surface area contributed by atoms with Crippen LogP contribution in [0.4, 0.5) is 8.78 Å². The highest BCUT2D eigenvalue weighted by Gasteiger charge is 2.19. The Hall–Kier alpha value is -2.50. The van der Waals surface area contributed by atoms with Crippen LogP contribution in [-0.2, 0) is 4.74 Å². The molecule has 0 N–H and O–H groups in total. The normalized spacial score (nSPS) is 10.3. The van der Waals surface area contributed by atoms with Gasteiger partial charge < -0.3 is 9.15 Å². The van der Waals surface area contributed by atoms with Gasteiger partial charge in [-0.2, -0.15) is 0 Å². The summed E-state index contributed by atoms with van der Waals surface area (Å²) in [5.74, 6) is -3.06. The highest BCUT2D eigenvalue weighted by atomic mass is 19.2. The van der Waals surface area contributed by atoms with Gasteiger partial charge in [0.2, 0.25) is 0 Å². The molecular formula is C13H8F2O4. The van der Waals surface area contributed by atoms with E-state index in [9.17, 15) is 18.4 Å². The fourth-order valence-corrected chi connectivity index (χ4v) is 1.59. The van der Waals surface area contributed by atoms with Crippen molar-refractivity contribution in [3.05, 3.63) is 47.2 Å². The van der Waals surface area contributed by atoms with Gasteiger partial charge in [0.15, 0.2) is 23.7 Å². The molecule has 1 aromatic carbocycles. The Balaban J connectivity index is 2.63. The summed E-state index contributed by atoms with van der Waals surface area (Å²) in [7, 11) is 1.12. The second-order valence-corrected chi connectivity index (χ2v) is 3.62. The van der Waals surface area contributed by atoms with Crippen molar-refractivity contribution in [1.82, 2.24) is 0 Å². The van der Waals surface area contributed by atoms with Gasteiger partial charge in [0.1, 0.15) is 5.76 Å². The molecule has 1 heterocycles. The molecule has 1 aromatic heterocycles. The van der Waals surface area contributed by atoms with Crippen molar-refractivity contribution in [3.63, 3.8) is 0 Å². The summed E-state index contributed by atoms with van der Waals surface area (Å²) < 4.78 is 36.0. The van der Waals surface area contributed by atoms with Crippen LogP contribution in [-0.4, -0.2) is 19.4 Å². The van der Waals surface area contributed by atoms with Gasteiger partial charge in [-0.05, 0) is 24.3 Å². The molecular weight excluding hydrogens is 258 g/mol. The van der Waals surface area contributed by atoms with Crippen LogP contribution in [0.25, 0.3) is 11.3 Å². The molecule has 0 radical (unpaired) electrons. The lowest BCUT2D eigenvalue weighted by atomic mass is 10.0. The van der Waals surface area contributed by atoms with Gasteiger partial charge in [-0.3, -0.25) is 4.79 Å². The smallest absolute Gasteiger partial charge is 0.338 e. The Labute approximate surface area is 106 Å². The van der Waals surface area contributed by atoms with Crippen molar-refractivity contribution in [2.24, 2.45) is 0 Å². The predicted molar refractivity (Wildman–Crippen MR) is 60.8 cm³/mol. The molecule has 4 nitrogen and oxygen atoms in total. The first-order valence-electron chi connectivity index (χ1n) is 5.19. The molecule has 0 aliphatic carbocycles. The summed E-state index contributed by atoms with van der Waals surface area (Å²) >= 11 is 0. The minimum absolute atomic E-state index is 0.00977. The summed E-state index contributed by atoms with van der Waals surface area (Å²) in [6.07, 6.45) is 0.460. The quantitative estimate of drug-likeness (QED) is 0.633. The number of methoxy groups -OCH3 is 1. The van der Waals surface area contributed by atoms with Crippen LogP contribution in [0.15, 0.2) is 28.7 Å². The van der Waals surface area contributed by atoms with E-state index < -0.39 is 17.6 Å². The van der Waals surface area contributed by atoms with Gasteiger partial charge in [-0.1, -0.05) is 0 Å². The number of hydrogen-bond donors (Lipinski definition) is 0. The number of furan rings is 1. The van der Waals surface area contributed by atoms with Crippen LogP contribution in [0, 0.1) is 11.6 Å². The summed E-state index contributed by atoms with van der Waals surface area (Å²) in [5, 5.41) is 0. The molecule has 0 spiro atoms. The third-order valence-corrected chi connectivity index (χ3v) is 2.47. The highest BCUT2D eigenvalue weighted by Crippen LogP contribution is 2.28. The van der Waals surface area contributed by atoms with Crippen molar-refractivity contribution in [1.29, 1.82) is 0 Å². The van der Waals surface area contributed by atoms with Gasteiger partial charge in [-0.15, -0.1) is 0 Å². The summed E-state index contributed by atoms with van der Waals surface area (Å²) in [4.78, 5) is 22.1. The fourth-order valence-electron chi connectivity index (χ4n) is 1.59. The van der Waals surface area contributed by atoms with Crippen LogP contribution in [0.3, 0.4) is 0 Å². The van der Waals surface area contributed by atoms with Crippen LogP contribution in [0.1, 0.15) is 20.9 Å². The molecule has 6 heteroatoms. The van der Waals surface area contributed by atoms with E-state index in [0.29, 0.717) is 6.29 Å². The van der Waals surface area contributed by atoms with E-state index in [4.69, 9.17) is 4.42 Å². The summed E-state index contributed by atoms with van der Waals surface area (Å²) in [5.41, 5.74) is -0.174. The molecule has 2 rings (SSSR count). The van der Waals surface area contributed by atoms with Crippen molar-refractivity contribution in [3.8, 4) is 11.3 Å². The van der Waals surface area contributed by atoms with Crippen molar-refractivity contribution in [2.45, 2.75) is 0 Å². The van der Waals surface area contributed by atoms with E-state index >= 15 is 0 Å². The lowest BCUT2D eigenvalue weighted by molar-refractivity contribution is 0.0600. The second-order valence-electron chi connectivity index (χ2n) is 3.62. The summed E-state index contributed by atoms with van der Waals surface area (Å²) in [6, 6.07) is 4.27. The maximum atomic E-state index is 13.3. The maximum absolute atomic E-state index is 13.3. The van der Waals surface area contributed by atoms with Crippen LogP contribution in [0.5, 0.6) is 0 Å². The van der Waals surface area contributed by atoms with Crippen molar-refractivity contribution in [2.75, 3.05) is 7.11 Å². The van der Waals surface area contributed by atoms with Crippen LogP contribution in [0.2, 0.25) is 0 Å². The average molecular weight is 266 g/mol. The first kappa shape index (κ1) is 12.9. The minimum Gasteiger partial charge on any atom is -0.465 e. The molecule has 2 aromatic rings. The molecule has 98 valence electrons. The zero-order valence-corrected chi connectivity index (χ0v) is 9.78. The lowest BCUT2D eigenvalue weighted by Crippen LogP contribution is -2.05. The molecule has 19 heavy (non-hydrogen) atoms. The Morgan fingerprint density at radius 3 is 2.53 bits per heavy atom. The zero-order chi connectivity index (χ0) is 14.0. The third-order valence-electron chi connectivity index (χ3n) is 2.47. The number of rotatable bonds is 3. The molecule has 0 amide bonds. The number of ether oxygens (including phenoxy) is 1. The number of halogens is 2. The number of benzene rings is 1. The topological polar surface area (TPSA) is 56.5 Å². The minimum atomic E-state index is -1.17. The predicted octanol–water partition coefficient (Wildman–Crippen LogP) is 2.82. The van der Waals surface area contributed by atoms with Crippen LogP contribution >= 0.6 is 0 Å². The second kappa shape index (κ2) is 5.01. The Kier molecular flexibility index (Phi) is 3.41. The fraction of sp³-hybridized carbons (Fsp3) is 0.0769. The van der Waals surface area contributed by atoms with Crippen molar-refractivity contribution >= 4 is 12.3 Å². The van der Waals surface area contributed by atoms with Gasteiger partial charge in [0.05, 0.1) is 12.7 Å². The first-order valence-corrected chi connectivity index (χ1v) is 5.19. The van der Waals surface area contributed by atoms with Crippen LogP contribution < -0.4 is 0 Å². The van der Waals surface area contributed by atoms with E-state index in [1.165, 1.54) is 12.1 Å². The molecule has 0 atom stereocenters. The monoisotopic (exact) mass is 266 g/mol. The van der Waals surface area contributed by atoms with E-state index in [2.05, 4.69) is 4.74 Å². The molecule has 0 saturated heterocycles. The molecule has 0 aliphatic rings. The van der Waals surface area contributed by atoms with Gasteiger partial charge in [-0.25, -0.2) is 13.6 Å². The SMILES string of the molecule is COC(=O)c1cc(F)c(F)cc1-c1ccc(C=O)o1. The zero-order valence-electron chi connectivity index (χ0n) is 9.78. The van der Waals surface area contributed by atoms with E-state index in [1.807, 2.05) is 0 Å². The number of aldehydes is 1. The van der Waals surface area contributed by atoms with E-state index in [0.717, 1.165) is 19.2 Å². The molecule has 0 bridgehead atoms. The van der Waals surface area contributed by atoms with Gasteiger partial charge >= 0.3 is 5.97 Å². The Bertz CT molecular complexity index is 646. The molecule has 0 saturated carbocycles. The first-order chi connectivity index (χ1) is 9.06. The molecule has 0 fully saturated rings. The number of carbonyl (C=O) groups excluding carboxylic acids is 2. The number of carbonyl (C=O) groups is 2. The van der Waals surface area contributed by atoms with Gasteiger partial charge in [0, 0.05) is 5.56 Å². The maximum Gasteiger partial charge on any atom is 0.338 e. The van der Waals surface area contributed by atoms with Crippen molar-refractivity contribution < 1.29 is 27.5 Å². The number of hydrogen-bond acceptors (Lipinski definition) is 4. The third kappa shape index (κ3) is 2.37. The Morgan fingerprint density at radius 2 is 1.95 bits per heavy atom. The lowest BCUT2D eigenvalue weighted by Gasteiger charge is -2.06. The van der Waals surface area contributed by atoms with E-state index in [-0.39, 0.29) is 22.6 Å². The molecule has 0 aliphatic heterocycles. The number of esters is 1. The highest BCUT2D eigenvalue weighted by molar-refractivity contribution is 5.96.